The van der Waals surface area contributed by atoms with E-state index in [1.807, 2.05) is 24.3 Å². The number of hydrogen-bond acceptors (Lipinski definition) is 5. The average Bonchev–Trinajstić information content (AvgIpc) is 2.96. The zero-order valence-electron chi connectivity index (χ0n) is 17.5. The van der Waals surface area contributed by atoms with Crippen molar-refractivity contribution in [2.24, 2.45) is 0 Å². The third-order valence-corrected chi connectivity index (χ3v) is 6.80. The Morgan fingerprint density at radius 3 is 2.41 bits per heavy atom. The van der Waals surface area contributed by atoms with Crippen molar-refractivity contribution in [2.75, 3.05) is 14.2 Å². The summed E-state index contributed by atoms with van der Waals surface area (Å²) in [4.78, 5) is 14.8. The van der Waals surface area contributed by atoms with Gasteiger partial charge in [0.05, 0.1) is 26.0 Å². The van der Waals surface area contributed by atoms with Crippen molar-refractivity contribution in [3.63, 3.8) is 0 Å². The first-order valence-corrected chi connectivity index (χ1v) is 10.9. The number of benzene rings is 2. The number of ether oxygens (including phenoxy) is 2. The predicted octanol–water partition coefficient (Wildman–Crippen LogP) is 5.11. The van der Waals surface area contributed by atoms with E-state index in [4.69, 9.17) is 21.7 Å². The fourth-order valence-corrected chi connectivity index (χ4v) is 5.00. The van der Waals surface area contributed by atoms with E-state index in [1.165, 1.54) is 22.9 Å². The molecular weight excluding hydrogens is 402 g/mol. The van der Waals surface area contributed by atoms with Crippen LogP contribution in [0.2, 0.25) is 0 Å². The number of hydrogen-bond donors (Lipinski definition) is 0. The second kappa shape index (κ2) is 9.18. The third-order valence-electron chi connectivity index (χ3n) is 5.22. The van der Waals surface area contributed by atoms with E-state index in [0.717, 1.165) is 22.6 Å². The SMILES string of the molecule is COc1ccc(CN2C(=O)[C@H](Cc3cc(C(C)C)c(OC)cc3C)SC2=S)cc1. The lowest BCUT2D eigenvalue weighted by Gasteiger charge is -2.18. The molecule has 3 rings (SSSR count). The van der Waals surface area contributed by atoms with Crippen LogP contribution in [0.4, 0.5) is 0 Å². The Balaban J connectivity index is 1.76. The lowest BCUT2D eigenvalue weighted by molar-refractivity contribution is -0.126. The molecule has 0 saturated carbocycles. The number of nitrogens with zero attached hydrogens (tertiary/aromatic N) is 1. The van der Waals surface area contributed by atoms with Crippen molar-refractivity contribution < 1.29 is 14.3 Å². The topological polar surface area (TPSA) is 38.8 Å². The minimum absolute atomic E-state index is 0.0807. The second-order valence-electron chi connectivity index (χ2n) is 7.52. The summed E-state index contributed by atoms with van der Waals surface area (Å²) in [5.74, 6) is 2.14. The van der Waals surface area contributed by atoms with Crippen LogP contribution in [0.15, 0.2) is 36.4 Å². The van der Waals surface area contributed by atoms with Gasteiger partial charge in [-0.2, -0.15) is 0 Å². The standard InChI is InChI=1S/C23H27NO3S2/c1-14(2)19-11-17(15(3)10-20(19)27-5)12-21-22(25)24(23(28)29-21)13-16-6-8-18(26-4)9-7-16/h6-11,14,21H,12-13H2,1-5H3/t21-/m0/s1. The van der Waals surface area contributed by atoms with Gasteiger partial charge in [0.1, 0.15) is 15.8 Å². The van der Waals surface area contributed by atoms with Crippen molar-refractivity contribution in [2.45, 2.75) is 44.9 Å². The molecule has 0 aromatic heterocycles. The molecule has 1 atom stereocenters. The van der Waals surface area contributed by atoms with Gasteiger partial charge >= 0.3 is 0 Å². The Bertz CT molecular complexity index is 909. The highest BCUT2D eigenvalue weighted by molar-refractivity contribution is 8.24. The first-order valence-electron chi connectivity index (χ1n) is 9.66. The van der Waals surface area contributed by atoms with E-state index in [2.05, 4.69) is 32.9 Å². The normalized spacial score (nSPS) is 16.6. The molecule has 0 N–H and O–H groups in total. The molecule has 1 heterocycles. The average molecular weight is 430 g/mol. The van der Waals surface area contributed by atoms with Crippen LogP contribution in [0.3, 0.4) is 0 Å². The first-order chi connectivity index (χ1) is 13.8. The fraction of sp³-hybridized carbons (Fsp3) is 0.391. The molecule has 4 nitrogen and oxygen atoms in total. The lowest BCUT2D eigenvalue weighted by atomic mass is 9.94. The number of carbonyl (C=O) groups is 1. The van der Waals surface area contributed by atoms with E-state index < -0.39 is 0 Å². The summed E-state index contributed by atoms with van der Waals surface area (Å²) < 4.78 is 11.4. The molecule has 0 radical (unpaired) electrons. The van der Waals surface area contributed by atoms with Crippen LogP contribution in [-0.4, -0.2) is 34.6 Å². The molecule has 0 unspecified atom stereocenters. The van der Waals surface area contributed by atoms with E-state index in [0.29, 0.717) is 23.2 Å². The summed E-state index contributed by atoms with van der Waals surface area (Å²) in [7, 11) is 3.34. The molecular formula is C23H27NO3S2. The molecule has 2 aromatic rings. The highest BCUT2D eigenvalue weighted by Crippen LogP contribution is 2.35. The number of methoxy groups -OCH3 is 2. The van der Waals surface area contributed by atoms with Gasteiger partial charge in [0.2, 0.25) is 5.91 Å². The van der Waals surface area contributed by atoms with Gasteiger partial charge in [-0.25, -0.2) is 0 Å². The van der Waals surface area contributed by atoms with E-state index in [-0.39, 0.29) is 11.2 Å². The largest absolute Gasteiger partial charge is 0.497 e. The molecule has 1 aliphatic rings. The van der Waals surface area contributed by atoms with Crippen LogP contribution in [0, 0.1) is 6.92 Å². The molecule has 2 aromatic carbocycles. The minimum Gasteiger partial charge on any atom is -0.497 e. The molecule has 29 heavy (non-hydrogen) atoms. The van der Waals surface area contributed by atoms with Gasteiger partial charge in [0.25, 0.3) is 0 Å². The van der Waals surface area contributed by atoms with E-state index in [1.54, 1.807) is 19.1 Å². The fourth-order valence-electron chi connectivity index (χ4n) is 3.48. The molecule has 0 spiro atoms. The lowest BCUT2D eigenvalue weighted by Crippen LogP contribution is -2.31. The minimum atomic E-state index is -0.187. The molecule has 6 heteroatoms. The second-order valence-corrected chi connectivity index (χ2v) is 9.36. The summed E-state index contributed by atoms with van der Waals surface area (Å²) in [5.41, 5.74) is 4.51. The molecule has 1 fully saturated rings. The van der Waals surface area contributed by atoms with Crippen molar-refractivity contribution in [1.29, 1.82) is 0 Å². The Morgan fingerprint density at radius 1 is 1.14 bits per heavy atom. The smallest absolute Gasteiger partial charge is 0.242 e. The van der Waals surface area contributed by atoms with Gasteiger partial charge in [-0.1, -0.05) is 56.0 Å². The Morgan fingerprint density at radius 2 is 1.83 bits per heavy atom. The zero-order valence-corrected chi connectivity index (χ0v) is 19.2. The van der Waals surface area contributed by atoms with Gasteiger partial charge in [-0.3, -0.25) is 9.69 Å². The number of thiocarbonyl (C=S) groups is 1. The van der Waals surface area contributed by atoms with Crippen LogP contribution < -0.4 is 9.47 Å². The molecule has 1 aliphatic heterocycles. The number of amides is 1. The Labute approximate surface area is 182 Å². The van der Waals surface area contributed by atoms with Gasteiger partial charge in [-0.05, 0) is 59.7 Å². The Kier molecular flexibility index (Phi) is 6.85. The van der Waals surface area contributed by atoms with Crippen LogP contribution >= 0.6 is 24.0 Å². The Hall–Kier alpha value is -2.05. The summed E-state index contributed by atoms with van der Waals surface area (Å²) in [6.07, 6.45) is 0.665. The number of aryl methyl sites for hydroxylation is 1. The number of rotatable bonds is 7. The summed E-state index contributed by atoms with van der Waals surface area (Å²) in [6.45, 7) is 6.86. The van der Waals surface area contributed by atoms with E-state index in [9.17, 15) is 4.79 Å². The number of thioether (sulfide) groups is 1. The van der Waals surface area contributed by atoms with Crippen molar-refractivity contribution in [3.05, 3.63) is 58.7 Å². The maximum atomic E-state index is 13.1. The molecule has 1 amide bonds. The van der Waals surface area contributed by atoms with Crippen molar-refractivity contribution in [3.8, 4) is 11.5 Å². The third kappa shape index (κ3) is 4.75. The van der Waals surface area contributed by atoms with Crippen molar-refractivity contribution in [1.82, 2.24) is 4.90 Å². The van der Waals surface area contributed by atoms with Gasteiger partial charge in [-0.15, -0.1) is 0 Å². The number of carbonyl (C=O) groups excluding carboxylic acids is 1. The molecule has 1 saturated heterocycles. The highest BCUT2D eigenvalue weighted by Gasteiger charge is 2.37. The summed E-state index contributed by atoms with van der Waals surface area (Å²) >= 11 is 7.01. The van der Waals surface area contributed by atoms with E-state index >= 15 is 0 Å². The maximum Gasteiger partial charge on any atom is 0.242 e. The quantitative estimate of drug-likeness (QED) is 0.572. The zero-order chi connectivity index (χ0) is 21.1. The van der Waals surface area contributed by atoms with Crippen molar-refractivity contribution >= 4 is 34.2 Å². The molecule has 154 valence electrons. The van der Waals surface area contributed by atoms with Crippen LogP contribution in [-0.2, 0) is 17.8 Å². The molecule has 0 aliphatic carbocycles. The monoisotopic (exact) mass is 429 g/mol. The van der Waals surface area contributed by atoms with Crippen LogP contribution in [0.1, 0.15) is 42.0 Å². The van der Waals surface area contributed by atoms with Gasteiger partial charge in [0, 0.05) is 0 Å². The summed E-state index contributed by atoms with van der Waals surface area (Å²) in [6, 6.07) is 12.0. The van der Waals surface area contributed by atoms with Crippen LogP contribution in [0.5, 0.6) is 11.5 Å². The van der Waals surface area contributed by atoms with Crippen LogP contribution in [0.25, 0.3) is 0 Å². The molecule has 0 bridgehead atoms. The van der Waals surface area contributed by atoms with Gasteiger partial charge < -0.3 is 9.47 Å². The highest BCUT2D eigenvalue weighted by atomic mass is 32.2. The summed E-state index contributed by atoms with van der Waals surface area (Å²) in [5, 5.41) is -0.187. The van der Waals surface area contributed by atoms with Gasteiger partial charge in [0.15, 0.2) is 0 Å². The predicted molar refractivity (Wildman–Crippen MR) is 123 cm³/mol. The maximum absolute atomic E-state index is 13.1. The first kappa shape index (κ1) is 21.7.